The number of nitrogens with one attached hydrogen (secondary N) is 2. The van der Waals surface area contributed by atoms with Gasteiger partial charge >= 0.3 is 18.0 Å². The average molecular weight is 424 g/mol. The van der Waals surface area contributed by atoms with Gasteiger partial charge in [-0.25, -0.2) is 14.4 Å². The summed E-state index contributed by atoms with van der Waals surface area (Å²) in [4.78, 5) is 35.8. The van der Waals surface area contributed by atoms with Crippen LogP contribution in [0.3, 0.4) is 0 Å². The molecule has 1 aliphatic rings. The number of ether oxygens (including phenoxy) is 3. The number of esters is 2. The number of carbonyl (C=O) groups is 3. The molecule has 0 radical (unpaired) electrons. The first-order valence-electron chi connectivity index (χ1n) is 9.78. The predicted molar refractivity (Wildman–Crippen MR) is 112 cm³/mol. The Morgan fingerprint density at radius 3 is 2.29 bits per heavy atom. The highest BCUT2D eigenvalue weighted by atomic mass is 16.5. The first kappa shape index (κ1) is 21.9. The molecule has 8 heteroatoms. The van der Waals surface area contributed by atoms with E-state index in [1.807, 2.05) is 0 Å². The SMILES string of the molecule is CCOC(=O)C1=C(C)NC(=O)N[C@@H]1c1ccc(OCc2ccc(C(=O)OC)cc2)cc1. The average Bonchev–Trinajstić information content (AvgIpc) is 2.77. The lowest BCUT2D eigenvalue weighted by molar-refractivity contribution is -0.139. The Kier molecular flexibility index (Phi) is 6.92. The summed E-state index contributed by atoms with van der Waals surface area (Å²) in [6.07, 6.45) is 0. The Bertz CT molecular complexity index is 996. The van der Waals surface area contributed by atoms with Gasteiger partial charge in [0.15, 0.2) is 0 Å². The molecule has 1 aliphatic heterocycles. The highest BCUT2D eigenvalue weighted by Gasteiger charge is 2.32. The summed E-state index contributed by atoms with van der Waals surface area (Å²) in [6, 6.07) is 13.1. The molecule has 0 saturated carbocycles. The number of benzene rings is 2. The zero-order chi connectivity index (χ0) is 22.4. The molecule has 0 bridgehead atoms. The number of allylic oxidation sites excluding steroid dienone is 1. The van der Waals surface area contributed by atoms with E-state index in [1.165, 1.54) is 7.11 Å². The molecule has 0 fully saturated rings. The molecule has 0 aliphatic carbocycles. The summed E-state index contributed by atoms with van der Waals surface area (Å²) in [6.45, 7) is 3.95. The zero-order valence-corrected chi connectivity index (χ0v) is 17.6. The van der Waals surface area contributed by atoms with E-state index in [2.05, 4.69) is 15.4 Å². The van der Waals surface area contributed by atoms with Crippen molar-refractivity contribution in [3.63, 3.8) is 0 Å². The third-order valence-corrected chi connectivity index (χ3v) is 4.76. The molecular weight excluding hydrogens is 400 g/mol. The maximum Gasteiger partial charge on any atom is 0.338 e. The van der Waals surface area contributed by atoms with Crippen LogP contribution in [0.4, 0.5) is 4.79 Å². The minimum absolute atomic E-state index is 0.240. The first-order chi connectivity index (χ1) is 14.9. The molecule has 3 rings (SSSR count). The standard InChI is InChI=1S/C23H24N2O6/c1-4-30-22(27)19-14(2)24-23(28)25-20(19)16-9-11-18(12-10-16)31-13-15-5-7-17(8-6-15)21(26)29-3/h5-12,20H,4,13H2,1-3H3,(H2,24,25,28)/t20-/m1/s1. The highest BCUT2D eigenvalue weighted by molar-refractivity contribution is 5.95. The molecule has 8 nitrogen and oxygen atoms in total. The number of urea groups is 1. The monoisotopic (exact) mass is 424 g/mol. The van der Waals surface area contributed by atoms with Gasteiger partial charge in [-0.1, -0.05) is 24.3 Å². The smallest absolute Gasteiger partial charge is 0.338 e. The largest absolute Gasteiger partial charge is 0.489 e. The second kappa shape index (κ2) is 9.80. The number of methoxy groups -OCH3 is 1. The number of hydrogen-bond acceptors (Lipinski definition) is 6. The number of amides is 2. The van der Waals surface area contributed by atoms with Gasteiger partial charge in [-0.3, -0.25) is 0 Å². The molecular formula is C23H24N2O6. The summed E-state index contributed by atoms with van der Waals surface area (Å²) in [5.74, 6) is -0.243. The molecule has 0 unspecified atom stereocenters. The zero-order valence-electron chi connectivity index (χ0n) is 17.6. The fraction of sp³-hybridized carbons (Fsp3) is 0.261. The Hall–Kier alpha value is -3.81. The Balaban J connectivity index is 1.70. The number of carbonyl (C=O) groups excluding carboxylic acids is 3. The van der Waals surface area contributed by atoms with Crippen LogP contribution in [0.2, 0.25) is 0 Å². The van der Waals surface area contributed by atoms with Gasteiger partial charge in [-0.2, -0.15) is 0 Å². The summed E-state index contributed by atoms with van der Waals surface area (Å²) in [5, 5.41) is 5.37. The predicted octanol–water partition coefficient (Wildman–Crippen LogP) is 3.24. The molecule has 2 amide bonds. The minimum atomic E-state index is -0.618. The van der Waals surface area contributed by atoms with Crippen molar-refractivity contribution in [1.82, 2.24) is 10.6 Å². The van der Waals surface area contributed by atoms with Crippen molar-refractivity contribution in [3.05, 3.63) is 76.5 Å². The lowest BCUT2D eigenvalue weighted by Crippen LogP contribution is -2.45. The van der Waals surface area contributed by atoms with Gasteiger partial charge in [0.2, 0.25) is 0 Å². The fourth-order valence-corrected chi connectivity index (χ4v) is 3.20. The van der Waals surface area contributed by atoms with Gasteiger partial charge in [0.25, 0.3) is 0 Å². The fourth-order valence-electron chi connectivity index (χ4n) is 3.20. The summed E-state index contributed by atoms with van der Waals surface area (Å²) >= 11 is 0. The van der Waals surface area contributed by atoms with E-state index in [4.69, 9.17) is 9.47 Å². The first-order valence-corrected chi connectivity index (χ1v) is 9.78. The molecule has 0 aromatic heterocycles. The molecule has 0 spiro atoms. The summed E-state index contributed by atoms with van der Waals surface area (Å²) in [7, 11) is 1.34. The van der Waals surface area contributed by atoms with E-state index in [9.17, 15) is 14.4 Å². The van der Waals surface area contributed by atoms with E-state index in [-0.39, 0.29) is 18.6 Å². The van der Waals surface area contributed by atoms with E-state index in [0.29, 0.717) is 29.2 Å². The maximum absolute atomic E-state index is 12.4. The summed E-state index contributed by atoms with van der Waals surface area (Å²) in [5.41, 5.74) is 2.92. The molecule has 162 valence electrons. The molecule has 2 N–H and O–H groups in total. The van der Waals surface area contributed by atoms with Gasteiger partial charge in [0.1, 0.15) is 12.4 Å². The van der Waals surface area contributed by atoms with E-state index in [1.54, 1.807) is 62.4 Å². The highest BCUT2D eigenvalue weighted by Crippen LogP contribution is 2.29. The van der Waals surface area contributed by atoms with Gasteiger partial charge in [-0.05, 0) is 49.2 Å². The molecule has 2 aromatic rings. The van der Waals surface area contributed by atoms with Crippen molar-refractivity contribution in [1.29, 1.82) is 0 Å². The molecule has 2 aromatic carbocycles. The van der Waals surface area contributed by atoms with Crippen LogP contribution in [-0.4, -0.2) is 31.7 Å². The lowest BCUT2D eigenvalue weighted by atomic mass is 9.95. The second-order valence-electron chi connectivity index (χ2n) is 6.84. The summed E-state index contributed by atoms with van der Waals surface area (Å²) < 4.78 is 15.6. The van der Waals surface area contributed by atoms with Gasteiger partial charge in [0, 0.05) is 5.70 Å². The minimum Gasteiger partial charge on any atom is -0.489 e. The van der Waals surface area contributed by atoms with Crippen molar-refractivity contribution < 1.29 is 28.6 Å². The van der Waals surface area contributed by atoms with Crippen LogP contribution in [0.15, 0.2) is 59.8 Å². The third kappa shape index (κ3) is 5.22. The van der Waals surface area contributed by atoms with Crippen molar-refractivity contribution >= 4 is 18.0 Å². The van der Waals surface area contributed by atoms with Crippen LogP contribution in [0.25, 0.3) is 0 Å². The van der Waals surface area contributed by atoms with Gasteiger partial charge < -0.3 is 24.8 Å². The Morgan fingerprint density at radius 2 is 1.68 bits per heavy atom. The second-order valence-corrected chi connectivity index (χ2v) is 6.84. The van der Waals surface area contributed by atoms with Crippen LogP contribution >= 0.6 is 0 Å². The normalized spacial score (nSPS) is 15.6. The van der Waals surface area contributed by atoms with E-state index in [0.717, 1.165) is 11.1 Å². The quantitative estimate of drug-likeness (QED) is 0.662. The van der Waals surface area contributed by atoms with E-state index >= 15 is 0 Å². The van der Waals surface area contributed by atoms with Crippen molar-refractivity contribution in [2.24, 2.45) is 0 Å². The van der Waals surface area contributed by atoms with Crippen molar-refractivity contribution in [2.45, 2.75) is 26.5 Å². The van der Waals surface area contributed by atoms with Crippen LogP contribution in [0.1, 0.15) is 41.4 Å². The van der Waals surface area contributed by atoms with E-state index < -0.39 is 12.0 Å². The Morgan fingerprint density at radius 1 is 1.00 bits per heavy atom. The maximum atomic E-state index is 12.4. The lowest BCUT2D eigenvalue weighted by Gasteiger charge is -2.28. The van der Waals surface area contributed by atoms with Crippen LogP contribution in [-0.2, 0) is 20.9 Å². The third-order valence-electron chi connectivity index (χ3n) is 4.76. The molecule has 1 atom stereocenters. The van der Waals surface area contributed by atoms with Crippen molar-refractivity contribution in [3.8, 4) is 5.75 Å². The molecule has 0 saturated heterocycles. The number of rotatable bonds is 7. The molecule has 1 heterocycles. The van der Waals surface area contributed by atoms with Crippen LogP contribution in [0, 0.1) is 0 Å². The van der Waals surface area contributed by atoms with Gasteiger partial charge in [-0.15, -0.1) is 0 Å². The van der Waals surface area contributed by atoms with Crippen LogP contribution < -0.4 is 15.4 Å². The Labute approximate surface area is 180 Å². The molecule has 31 heavy (non-hydrogen) atoms. The topological polar surface area (TPSA) is 103 Å². The van der Waals surface area contributed by atoms with Crippen molar-refractivity contribution in [2.75, 3.05) is 13.7 Å². The van der Waals surface area contributed by atoms with Gasteiger partial charge in [0.05, 0.1) is 30.9 Å². The van der Waals surface area contributed by atoms with Crippen LogP contribution in [0.5, 0.6) is 5.75 Å². The number of hydrogen-bond donors (Lipinski definition) is 2.